The average Bonchev–Trinajstić information content (AvgIpc) is 3.17. The summed E-state index contributed by atoms with van der Waals surface area (Å²) in [4.78, 5) is 25.0. The molecule has 1 unspecified atom stereocenters. The molecule has 2 amide bonds. The summed E-state index contributed by atoms with van der Waals surface area (Å²) >= 11 is 3.18. The van der Waals surface area contributed by atoms with Crippen LogP contribution in [0.2, 0.25) is 0 Å². The second-order valence-corrected chi connectivity index (χ2v) is 5.65. The summed E-state index contributed by atoms with van der Waals surface area (Å²) in [5.74, 6) is -0.348. The lowest BCUT2D eigenvalue weighted by molar-refractivity contribution is 0.0753. The van der Waals surface area contributed by atoms with E-state index in [0.717, 1.165) is 6.42 Å². The van der Waals surface area contributed by atoms with Crippen molar-refractivity contribution in [2.75, 3.05) is 13.1 Å². The first-order valence-corrected chi connectivity index (χ1v) is 7.22. The number of hydrogen-bond donors (Lipinski definition) is 1. The topological polar surface area (TPSA) is 94.4 Å². The SMILES string of the molecule is NC(=O)c1cnn(C2CCN(C(=O)c3ccc(Br)o3)C2)c1. The van der Waals surface area contributed by atoms with Crippen molar-refractivity contribution in [3.8, 4) is 0 Å². The lowest BCUT2D eigenvalue weighted by atomic mass is 10.2. The van der Waals surface area contributed by atoms with Gasteiger partial charge in [-0.1, -0.05) is 0 Å². The first-order valence-electron chi connectivity index (χ1n) is 6.43. The molecule has 0 aliphatic carbocycles. The molecule has 7 nitrogen and oxygen atoms in total. The Bertz CT molecular complexity index is 693. The van der Waals surface area contributed by atoms with E-state index in [1.165, 1.54) is 6.20 Å². The van der Waals surface area contributed by atoms with Crippen molar-refractivity contribution in [3.63, 3.8) is 0 Å². The number of amides is 2. The molecule has 110 valence electrons. The predicted molar refractivity (Wildman–Crippen MR) is 76.7 cm³/mol. The van der Waals surface area contributed by atoms with E-state index in [1.54, 1.807) is 27.9 Å². The molecule has 0 saturated carbocycles. The Hall–Kier alpha value is -2.09. The molecule has 1 saturated heterocycles. The van der Waals surface area contributed by atoms with Crippen molar-refractivity contribution >= 4 is 27.7 Å². The van der Waals surface area contributed by atoms with Gasteiger partial charge in [-0.05, 0) is 34.5 Å². The average molecular weight is 353 g/mol. The van der Waals surface area contributed by atoms with Crippen LogP contribution in [0.5, 0.6) is 0 Å². The smallest absolute Gasteiger partial charge is 0.289 e. The number of carbonyl (C=O) groups excluding carboxylic acids is 2. The summed E-state index contributed by atoms with van der Waals surface area (Å²) in [6, 6.07) is 3.37. The molecular weight excluding hydrogens is 340 g/mol. The monoisotopic (exact) mass is 352 g/mol. The van der Waals surface area contributed by atoms with Gasteiger partial charge in [0, 0.05) is 19.3 Å². The molecule has 2 aromatic rings. The second kappa shape index (κ2) is 5.36. The van der Waals surface area contributed by atoms with Crippen LogP contribution in [0.25, 0.3) is 0 Å². The first kappa shape index (κ1) is 13.9. The molecule has 1 aliphatic rings. The minimum atomic E-state index is -0.507. The van der Waals surface area contributed by atoms with E-state index >= 15 is 0 Å². The zero-order valence-electron chi connectivity index (χ0n) is 11.0. The summed E-state index contributed by atoms with van der Waals surface area (Å²) in [5.41, 5.74) is 5.58. The normalized spacial score (nSPS) is 18.1. The molecule has 3 rings (SSSR count). The summed E-state index contributed by atoms with van der Waals surface area (Å²) < 4.78 is 7.49. The number of likely N-dealkylation sites (tertiary alicyclic amines) is 1. The standard InChI is InChI=1S/C13H13BrN4O3/c14-11-2-1-10(21-11)13(20)17-4-3-9(7-17)18-6-8(5-16-18)12(15)19/h1-2,5-6,9H,3-4,7H2,(H2,15,19). The zero-order chi connectivity index (χ0) is 15.0. The third kappa shape index (κ3) is 2.71. The highest BCUT2D eigenvalue weighted by molar-refractivity contribution is 9.10. The highest BCUT2D eigenvalue weighted by Crippen LogP contribution is 2.24. The lowest BCUT2D eigenvalue weighted by Gasteiger charge is -2.15. The van der Waals surface area contributed by atoms with Crippen LogP contribution in [0.3, 0.4) is 0 Å². The van der Waals surface area contributed by atoms with Crippen LogP contribution in [0.1, 0.15) is 33.4 Å². The minimum Gasteiger partial charge on any atom is -0.444 e. The summed E-state index contributed by atoms with van der Waals surface area (Å²) in [6.45, 7) is 1.14. The molecule has 0 radical (unpaired) electrons. The van der Waals surface area contributed by atoms with Gasteiger partial charge < -0.3 is 15.1 Å². The molecule has 1 fully saturated rings. The third-order valence-corrected chi connectivity index (χ3v) is 3.92. The second-order valence-electron chi connectivity index (χ2n) is 4.87. The Morgan fingerprint density at radius 1 is 1.43 bits per heavy atom. The van der Waals surface area contributed by atoms with Crippen molar-refractivity contribution in [3.05, 3.63) is 40.5 Å². The summed E-state index contributed by atoms with van der Waals surface area (Å²) in [6.07, 6.45) is 3.83. The van der Waals surface area contributed by atoms with Crippen LogP contribution in [-0.2, 0) is 0 Å². The Labute approximate surface area is 128 Å². The van der Waals surface area contributed by atoms with Gasteiger partial charge in [0.25, 0.3) is 11.8 Å². The maximum atomic E-state index is 12.3. The van der Waals surface area contributed by atoms with Gasteiger partial charge in [-0.3, -0.25) is 14.3 Å². The molecule has 3 heterocycles. The first-order chi connectivity index (χ1) is 10.0. The Balaban J connectivity index is 1.70. The molecule has 8 heteroatoms. The van der Waals surface area contributed by atoms with E-state index in [9.17, 15) is 9.59 Å². The fourth-order valence-electron chi connectivity index (χ4n) is 2.39. The number of aromatic nitrogens is 2. The van der Waals surface area contributed by atoms with E-state index in [1.807, 2.05) is 0 Å². The number of nitrogens with two attached hydrogens (primary N) is 1. The van der Waals surface area contributed by atoms with Gasteiger partial charge in [-0.2, -0.15) is 5.10 Å². The molecule has 1 atom stereocenters. The molecule has 1 aliphatic heterocycles. The maximum Gasteiger partial charge on any atom is 0.289 e. The van der Waals surface area contributed by atoms with E-state index in [2.05, 4.69) is 21.0 Å². The number of rotatable bonds is 3. The minimum absolute atomic E-state index is 0.0421. The lowest BCUT2D eigenvalue weighted by Crippen LogP contribution is -2.28. The highest BCUT2D eigenvalue weighted by atomic mass is 79.9. The van der Waals surface area contributed by atoms with Crippen LogP contribution in [0.4, 0.5) is 0 Å². The Morgan fingerprint density at radius 3 is 2.86 bits per heavy atom. The predicted octanol–water partition coefficient (Wildman–Crippen LogP) is 1.42. The van der Waals surface area contributed by atoms with Crippen LogP contribution in [0.15, 0.2) is 33.6 Å². The Morgan fingerprint density at radius 2 is 2.24 bits per heavy atom. The number of furan rings is 1. The number of carbonyl (C=O) groups is 2. The van der Waals surface area contributed by atoms with Gasteiger partial charge in [0.2, 0.25) is 0 Å². The molecule has 2 aromatic heterocycles. The fraction of sp³-hybridized carbons (Fsp3) is 0.308. The van der Waals surface area contributed by atoms with Gasteiger partial charge >= 0.3 is 0 Å². The van der Waals surface area contributed by atoms with Crippen LogP contribution < -0.4 is 5.73 Å². The molecule has 0 bridgehead atoms. The van der Waals surface area contributed by atoms with Gasteiger partial charge in [0.15, 0.2) is 10.4 Å². The van der Waals surface area contributed by atoms with Gasteiger partial charge in [0.1, 0.15) is 0 Å². The quantitative estimate of drug-likeness (QED) is 0.903. The highest BCUT2D eigenvalue weighted by Gasteiger charge is 2.30. The van der Waals surface area contributed by atoms with Gasteiger partial charge in [-0.15, -0.1) is 0 Å². The number of hydrogen-bond acceptors (Lipinski definition) is 4. The van der Waals surface area contributed by atoms with Crippen molar-refractivity contribution < 1.29 is 14.0 Å². The van der Waals surface area contributed by atoms with E-state index < -0.39 is 5.91 Å². The fourth-order valence-corrected chi connectivity index (χ4v) is 2.70. The summed E-state index contributed by atoms with van der Waals surface area (Å²) in [7, 11) is 0. The van der Waals surface area contributed by atoms with E-state index in [4.69, 9.17) is 10.2 Å². The molecule has 21 heavy (non-hydrogen) atoms. The zero-order valence-corrected chi connectivity index (χ0v) is 12.6. The van der Waals surface area contributed by atoms with Crippen molar-refractivity contribution in [2.24, 2.45) is 5.73 Å². The third-order valence-electron chi connectivity index (χ3n) is 3.49. The van der Waals surface area contributed by atoms with Crippen LogP contribution in [-0.4, -0.2) is 39.6 Å². The van der Waals surface area contributed by atoms with Crippen molar-refractivity contribution in [2.45, 2.75) is 12.5 Å². The van der Waals surface area contributed by atoms with Crippen molar-refractivity contribution in [1.29, 1.82) is 0 Å². The molecule has 0 aromatic carbocycles. The van der Waals surface area contributed by atoms with E-state index in [0.29, 0.717) is 29.1 Å². The van der Waals surface area contributed by atoms with Gasteiger partial charge in [0.05, 0.1) is 17.8 Å². The molecular formula is C13H13BrN4O3. The van der Waals surface area contributed by atoms with Gasteiger partial charge in [-0.25, -0.2) is 0 Å². The van der Waals surface area contributed by atoms with E-state index in [-0.39, 0.29) is 11.9 Å². The van der Waals surface area contributed by atoms with Crippen molar-refractivity contribution in [1.82, 2.24) is 14.7 Å². The summed E-state index contributed by atoms with van der Waals surface area (Å²) in [5, 5.41) is 4.14. The Kier molecular flexibility index (Phi) is 3.54. The molecule has 0 spiro atoms. The van der Waals surface area contributed by atoms with Crippen LogP contribution >= 0.6 is 15.9 Å². The maximum absolute atomic E-state index is 12.3. The van der Waals surface area contributed by atoms with Crippen LogP contribution in [0, 0.1) is 0 Å². The number of nitrogens with zero attached hydrogens (tertiary/aromatic N) is 3. The number of primary amides is 1. The molecule has 2 N–H and O–H groups in total. The largest absolute Gasteiger partial charge is 0.444 e. The number of halogens is 1.